The Morgan fingerprint density at radius 1 is 1.26 bits per heavy atom. The average molecular weight is 264 g/mol. The van der Waals surface area contributed by atoms with Gasteiger partial charge in [-0.2, -0.15) is 0 Å². The lowest BCUT2D eigenvalue weighted by Crippen LogP contribution is -2.30. The molecule has 1 unspecified atom stereocenters. The van der Waals surface area contributed by atoms with Crippen molar-refractivity contribution < 1.29 is 14.3 Å². The van der Waals surface area contributed by atoms with Crippen molar-refractivity contribution in [2.45, 2.75) is 40.7 Å². The molecule has 0 bridgehead atoms. The Morgan fingerprint density at radius 2 is 1.89 bits per heavy atom. The Labute approximate surface area is 115 Å². The molecule has 3 nitrogen and oxygen atoms in total. The van der Waals surface area contributed by atoms with Gasteiger partial charge < -0.3 is 9.47 Å². The van der Waals surface area contributed by atoms with Gasteiger partial charge in [-0.15, -0.1) is 0 Å². The fourth-order valence-corrected chi connectivity index (χ4v) is 2.30. The monoisotopic (exact) mass is 264 g/mol. The van der Waals surface area contributed by atoms with Crippen LogP contribution in [0, 0.1) is 19.8 Å². The van der Waals surface area contributed by atoms with Crippen molar-refractivity contribution in [2.75, 3.05) is 13.7 Å². The molecule has 0 aliphatic rings. The highest BCUT2D eigenvalue weighted by molar-refractivity contribution is 6.03. The predicted molar refractivity (Wildman–Crippen MR) is 77.1 cm³/mol. The molecule has 0 aromatic heterocycles. The quantitative estimate of drug-likeness (QED) is 0.737. The van der Waals surface area contributed by atoms with Gasteiger partial charge in [0, 0.05) is 6.61 Å². The van der Waals surface area contributed by atoms with E-state index in [-0.39, 0.29) is 11.7 Å². The van der Waals surface area contributed by atoms with Crippen LogP contribution in [0.4, 0.5) is 0 Å². The van der Waals surface area contributed by atoms with Crippen molar-refractivity contribution >= 4 is 5.78 Å². The standard InChI is InChI=1S/C16H24O3/c1-7-19-16(10(2)3)15(17)14-12(5)8-11(4)9-13(14)18-6/h8-10,16H,7H2,1-6H3. The third-order valence-electron chi connectivity index (χ3n) is 3.12. The number of carbonyl (C=O) groups is 1. The number of rotatable bonds is 6. The Balaban J connectivity index is 3.24. The molecule has 0 aliphatic heterocycles. The Morgan fingerprint density at radius 3 is 2.37 bits per heavy atom. The molecule has 1 rings (SSSR count). The highest BCUT2D eigenvalue weighted by atomic mass is 16.5. The van der Waals surface area contributed by atoms with Crippen LogP contribution >= 0.6 is 0 Å². The zero-order valence-electron chi connectivity index (χ0n) is 12.7. The van der Waals surface area contributed by atoms with Gasteiger partial charge >= 0.3 is 0 Å². The highest BCUT2D eigenvalue weighted by Gasteiger charge is 2.27. The Hall–Kier alpha value is -1.35. The van der Waals surface area contributed by atoms with Gasteiger partial charge in [0.1, 0.15) is 11.9 Å². The van der Waals surface area contributed by atoms with Gasteiger partial charge in [0.05, 0.1) is 12.7 Å². The van der Waals surface area contributed by atoms with Crippen LogP contribution in [0.1, 0.15) is 42.3 Å². The molecule has 1 aromatic carbocycles. The molecule has 19 heavy (non-hydrogen) atoms. The van der Waals surface area contributed by atoms with Crippen LogP contribution < -0.4 is 4.74 Å². The second-order valence-corrected chi connectivity index (χ2v) is 5.14. The Bertz CT molecular complexity index is 450. The van der Waals surface area contributed by atoms with Crippen LogP contribution in [-0.2, 0) is 4.74 Å². The smallest absolute Gasteiger partial charge is 0.195 e. The maximum absolute atomic E-state index is 12.7. The maximum atomic E-state index is 12.7. The van der Waals surface area contributed by atoms with Gasteiger partial charge in [-0.05, 0) is 43.9 Å². The van der Waals surface area contributed by atoms with E-state index >= 15 is 0 Å². The first kappa shape index (κ1) is 15.7. The lowest BCUT2D eigenvalue weighted by atomic mass is 9.93. The van der Waals surface area contributed by atoms with E-state index in [9.17, 15) is 4.79 Å². The van der Waals surface area contributed by atoms with Crippen LogP contribution in [0.3, 0.4) is 0 Å². The number of methoxy groups -OCH3 is 1. The average Bonchev–Trinajstić information content (AvgIpc) is 2.33. The molecule has 0 radical (unpaired) electrons. The summed E-state index contributed by atoms with van der Waals surface area (Å²) in [7, 11) is 1.59. The first-order valence-electron chi connectivity index (χ1n) is 6.73. The van der Waals surface area contributed by atoms with Crippen molar-refractivity contribution in [3.8, 4) is 5.75 Å². The molecule has 3 heteroatoms. The van der Waals surface area contributed by atoms with Gasteiger partial charge in [-0.25, -0.2) is 0 Å². The van der Waals surface area contributed by atoms with E-state index in [2.05, 4.69) is 0 Å². The minimum Gasteiger partial charge on any atom is -0.496 e. The summed E-state index contributed by atoms with van der Waals surface area (Å²) in [6, 6.07) is 3.89. The summed E-state index contributed by atoms with van der Waals surface area (Å²) >= 11 is 0. The van der Waals surface area contributed by atoms with Crippen LogP contribution in [0.2, 0.25) is 0 Å². The third kappa shape index (κ3) is 3.57. The predicted octanol–water partition coefficient (Wildman–Crippen LogP) is 3.56. The number of carbonyl (C=O) groups excluding carboxylic acids is 1. The molecular formula is C16H24O3. The maximum Gasteiger partial charge on any atom is 0.195 e. The normalized spacial score (nSPS) is 12.6. The van der Waals surface area contributed by atoms with E-state index in [0.29, 0.717) is 17.9 Å². The molecule has 0 N–H and O–H groups in total. The minimum atomic E-state index is -0.416. The highest BCUT2D eigenvalue weighted by Crippen LogP contribution is 2.27. The van der Waals surface area contributed by atoms with Crippen LogP contribution in [0.25, 0.3) is 0 Å². The largest absolute Gasteiger partial charge is 0.496 e. The molecule has 1 aromatic rings. The fourth-order valence-electron chi connectivity index (χ4n) is 2.30. The van der Waals surface area contributed by atoms with Gasteiger partial charge in [-0.3, -0.25) is 4.79 Å². The van der Waals surface area contributed by atoms with E-state index in [1.807, 2.05) is 46.8 Å². The molecule has 0 spiro atoms. The summed E-state index contributed by atoms with van der Waals surface area (Å²) in [6.07, 6.45) is -0.416. The summed E-state index contributed by atoms with van der Waals surface area (Å²) in [5, 5.41) is 0. The first-order valence-corrected chi connectivity index (χ1v) is 6.73. The second-order valence-electron chi connectivity index (χ2n) is 5.14. The van der Waals surface area contributed by atoms with Gasteiger partial charge in [-0.1, -0.05) is 19.9 Å². The number of ether oxygens (including phenoxy) is 2. The van der Waals surface area contributed by atoms with Crippen molar-refractivity contribution in [3.05, 3.63) is 28.8 Å². The lowest BCUT2D eigenvalue weighted by molar-refractivity contribution is 0.0277. The molecule has 1 atom stereocenters. The van der Waals surface area contributed by atoms with Gasteiger partial charge in [0.15, 0.2) is 5.78 Å². The van der Waals surface area contributed by atoms with Gasteiger partial charge in [0.25, 0.3) is 0 Å². The molecule has 0 saturated heterocycles. The van der Waals surface area contributed by atoms with E-state index in [0.717, 1.165) is 11.1 Å². The van der Waals surface area contributed by atoms with Crippen LogP contribution in [0.5, 0.6) is 5.75 Å². The zero-order chi connectivity index (χ0) is 14.6. The van der Waals surface area contributed by atoms with Crippen molar-refractivity contribution in [3.63, 3.8) is 0 Å². The zero-order valence-corrected chi connectivity index (χ0v) is 12.7. The molecule has 106 valence electrons. The number of hydrogen-bond donors (Lipinski definition) is 0. The van der Waals surface area contributed by atoms with Crippen molar-refractivity contribution in [1.82, 2.24) is 0 Å². The molecule has 0 fully saturated rings. The topological polar surface area (TPSA) is 35.5 Å². The van der Waals surface area contributed by atoms with E-state index in [4.69, 9.17) is 9.47 Å². The molecule has 0 saturated carbocycles. The summed E-state index contributed by atoms with van der Waals surface area (Å²) in [4.78, 5) is 12.7. The third-order valence-corrected chi connectivity index (χ3v) is 3.12. The van der Waals surface area contributed by atoms with Crippen LogP contribution in [0.15, 0.2) is 12.1 Å². The summed E-state index contributed by atoms with van der Waals surface area (Å²) in [5.41, 5.74) is 2.66. The summed E-state index contributed by atoms with van der Waals surface area (Å²) in [6.45, 7) is 10.4. The van der Waals surface area contributed by atoms with Crippen molar-refractivity contribution in [2.24, 2.45) is 5.92 Å². The molecule has 0 aliphatic carbocycles. The van der Waals surface area contributed by atoms with E-state index < -0.39 is 6.10 Å². The SMILES string of the molecule is CCOC(C(=O)c1c(C)cc(C)cc1OC)C(C)C. The molecule has 0 amide bonds. The molecular weight excluding hydrogens is 240 g/mol. The number of aryl methyl sites for hydroxylation is 2. The minimum absolute atomic E-state index is 0.00574. The summed E-state index contributed by atoms with van der Waals surface area (Å²) < 4.78 is 11.0. The van der Waals surface area contributed by atoms with Crippen LogP contribution in [-0.4, -0.2) is 25.6 Å². The Kier molecular flexibility index (Phi) is 5.55. The first-order chi connectivity index (χ1) is 8.92. The molecule has 0 heterocycles. The number of ketones is 1. The fraction of sp³-hybridized carbons (Fsp3) is 0.562. The second kappa shape index (κ2) is 6.71. The lowest BCUT2D eigenvalue weighted by Gasteiger charge is -2.22. The van der Waals surface area contributed by atoms with Crippen molar-refractivity contribution in [1.29, 1.82) is 0 Å². The van der Waals surface area contributed by atoms with Gasteiger partial charge in [0.2, 0.25) is 0 Å². The van der Waals surface area contributed by atoms with E-state index in [1.165, 1.54) is 0 Å². The van der Waals surface area contributed by atoms with E-state index in [1.54, 1.807) is 7.11 Å². The number of hydrogen-bond acceptors (Lipinski definition) is 3. The number of Topliss-reactive ketones (excluding diaryl/α,β-unsaturated/α-hetero) is 1. The summed E-state index contributed by atoms with van der Waals surface area (Å²) in [5.74, 6) is 0.775. The number of benzene rings is 1.